The summed E-state index contributed by atoms with van der Waals surface area (Å²) in [5.41, 5.74) is -1.02. The van der Waals surface area contributed by atoms with E-state index in [1.807, 2.05) is 0 Å². The zero-order valence-corrected chi connectivity index (χ0v) is 17.0. The molecule has 3 aromatic rings. The number of aromatic hydroxyl groups is 4. The second-order valence-corrected chi connectivity index (χ2v) is 7.94. The normalized spacial score (nSPS) is 25.3. The highest BCUT2D eigenvalue weighted by molar-refractivity contribution is 5.88. The van der Waals surface area contributed by atoms with Gasteiger partial charge in [-0.25, -0.2) is 0 Å². The summed E-state index contributed by atoms with van der Waals surface area (Å²) in [6.45, 7) is -0.518. The minimum absolute atomic E-state index is 0.0757. The van der Waals surface area contributed by atoms with Crippen LogP contribution in [0.3, 0.4) is 0 Å². The number of rotatable bonds is 4. The molecule has 4 rings (SSSR count). The van der Waals surface area contributed by atoms with Crippen LogP contribution in [0.1, 0.15) is 6.42 Å². The summed E-state index contributed by atoms with van der Waals surface area (Å²) in [6, 6.07) is 5.53. The largest absolute Gasteiger partial charge is 0.508 e. The highest BCUT2D eigenvalue weighted by Crippen LogP contribution is 2.39. The van der Waals surface area contributed by atoms with Crippen LogP contribution in [0.15, 0.2) is 39.5 Å². The molecule has 0 aliphatic heterocycles. The Morgan fingerprint density at radius 2 is 1.64 bits per heavy atom. The van der Waals surface area contributed by atoms with Gasteiger partial charge in [0.1, 0.15) is 40.8 Å². The van der Waals surface area contributed by atoms with Crippen LogP contribution in [0.2, 0.25) is 0 Å². The summed E-state index contributed by atoms with van der Waals surface area (Å²) in [5, 5.41) is 79.3. The summed E-state index contributed by atoms with van der Waals surface area (Å²) < 4.78 is 11.5. The zero-order chi connectivity index (χ0) is 24.0. The molecule has 33 heavy (non-hydrogen) atoms. The molecule has 0 radical (unpaired) electrons. The Kier molecular flexibility index (Phi) is 5.80. The minimum Gasteiger partial charge on any atom is -0.508 e. The predicted octanol–water partition coefficient (Wildman–Crippen LogP) is 0.125. The van der Waals surface area contributed by atoms with Crippen molar-refractivity contribution in [1.29, 1.82) is 0 Å². The lowest BCUT2D eigenvalue weighted by molar-refractivity contribution is -0.157. The van der Waals surface area contributed by atoms with E-state index in [1.165, 1.54) is 6.07 Å². The quantitative estimate of drug-likeness (QED) is 0.245. The number of ether oxygens (including phenoxy) is 1. The lowest BCUT2D eigenvalue weighted by Crippen LogP contribution is -2.56. The molecule has 1 heterocycles. The number of fused-ring (bicyclic) bond motifs is 1. The van der Waals surface area contributed by atoms with Crippen molar-refractivity contribution >= 4 is 11.0 Å². The maximum absolute atomic E-state index is 13.3. The van der Waals surface area contributed by atoms with Crippen LogP contribution in [-0.4, -0.2) is 71.9 Å². The van der Waals surface area contributed by atoms with E-state index in [9.17, 15) is 45.6 Å². The summed E-state index contributed by atoms with van der Waals surface area (Å²) in [5.74, 6) is -3.58. The first-order chi connectivity index (χ1) is 15.6. The summed E-state index contributed by atoms with van der Waals surface area (Å²) in [6.07, 6.45) is -6.11. The van der Waals surface area contributed by atoms with Crippen LogP contribution in [0.25, 0.3) is 22.3 Å². The van der Waals surface area contributed by atoms with E-state index < -0.39 is 65.4 Å². The minimum atomic E-state index is -1.67. The van der Waals surface area contributed by atoms with Gasteiger partial charge in [0.25, 0.3) is 0 Å². The van der Waals surface area contributed by atoms with Gasteiger partial charge < -0.3 is 50.0 Å². The summed E-state index contributed by atoms with van der Waals surface area (Å²) in [7, 11) is 0. The van der Waals surface area contributed by atoms with Crippen molar-refractivity contribution in [2.75, 3.05) is 6.61 Å². The lowest BCUT2D eigenvalue weighted by Gasteiger charge is -2.39. The molecule has 1 saturated carbocycles. The lowest BCUT2D eigenvalue weighted by atomic mass is 9.81. The standard InChI is InChI=1S/C22H22O11/c23-7-9-4-15(18(29)20(31)17(9)28)33-22-19(30)16-13(27)5-10(24)6-14(16)32-21(22)8-1-2-11(25)12(26)3-8/h1-3,5-6,9,15,17-18,20,23-29,31H,4,7H2/t9-,15+,17+,18+,20+/m1/s1. The second kappa shape index (κ2) is 8.45. The van der Waals surface area contributed by atoms with Gasteiger partial charge in [-0.15, -0.1) is 0 Å². The van der Waals surface area contributed by atoms with E-state index in [0.29, 0.717) is 0 Å². The topological polar surface area (TPSA) is 201 Å². The van der Waals surface area contributed by atoms with Gasteiger partial charge >= 0.3 is 0 Å². The zero-order valence-electron chi connectivity index (χ0n) is 17.0. The fourth-order valence-corrected chi connectivity index (χ4v) is 3.96. The van der Waals surface area contributed by atoms with Crippen molar-refractivity contribution < 1.29 is 50.0 Å². The highest BCUT2D eigenvalue weighted by Gasteiger charge is 2.44. The molecule has 11 nitrogen and oxygen atoms in total. The van der Waals surface area contributed by atoms with Crippen molar-refractivity contribution in [2.24, 2.45) is 5.92 Å². The van der Waals surface area contributed by atoms with Crippen molar-refractivity contribution in [2.45, 2.75) is 30.8 Å². The van der Waals surface area contributed by atoms with Crippen molar-refractivity contribution in [3.8, 4) is 40.1 Å². The molecule has 0 unspecified atom stereocenters. The molecule has 8 N–H and O–H groups in total. The summed E-state index contributed by atoms with van der Waals surface area (Å²) in [4.78, 5) is 13.3. The van der Waals surface area contributed by atoms with Crippen LogP contribution in [0.4, 0.5) is 0 Å². The van der Waals surface area contributed by atoms with Gasteiger partial charge in [-0.3, -0.25) is 4.79 Å². The van der Waals surface area contributed by atoms with Gasteiger partial charge in [0.15, 0.2) is 17.3 Å². The van der Waals surface area contributed by atoms with Crippen molar-refractivity contribution in [3.63, 3.8) is 0 Å². The molecule has 176 valence electrons. The Morgan fingerprint density at radius 1 is 0.909 bits per heavy atom. The van der Waals surface area contributed by atoms with E-state index in [1.54, 1.807) is 0 Å². The second-order valence-electron chi connectivity index (χ2n) is 7.94. The Bertz CT molecular complexity index is 1250. The van der Waals surface area contributed by atoms with Gasteiger partial charge in [0.2, 0.25) is 11.2 Å². The molecule has 11 heteroatoms. The van der Waals surface area contributed by atoms with E-state index in [-0.39, 0.29) is 34.5 Å². The maximum atomic E-state index is 13.3. The molecule has 1 aromatic heterocycles. The number of aliphatic hydroxyl groups is 4. The first kappa shape index (κ1) is 22.7. The molecule has 5 atom stereocenters. The highest BCUT2D eigenvalue weighted by atomic mass is 16.5. The Balaban J connectivity index is 1.91. The van der Waals surface area contributed by atoms with Crippen molar-refractivity contribution in [1.82, 2.24) is 0 Å². The van der Waals surface area contributed by atoms with Crippen LogP contribution in [-0.2, 0) is 0 Å². The van der Waals surface area contributed by atoms with E-state index in [2.05, 4.69) is 0 Å². The Labute approximate surface area is 185 Å². The van der Waals surface area contributed by atoms with Crippen LogP contribution in [0, 0.1) is 5.92 Å². The van der Waals surface area contributed by atoms with Crippen molar-refractivity contribution in [3.05, 3.63) is 40.6 Å². The van der Waals surface area contributed by atoms with E-state index in [4.69, 9.17) is 9.15 Å². The Hall–Kier alpha value is -3.51. The van der Waals surface area contributed by atoms with Gasteiger partial charge in [0, 0.05) is 30.2 Å². The molecule has 0 bridgehead atoms. The number of hydrogen-bond donors (Lipinski definition) is 8. The van der Waals surface area contributed by atoms with Gasteiger partial charge in [-0.05, 0) is 24.6 Å². The van der Waals surface area contributed by atoms with Crippen LogP contribution in [0.5, 0.6) is 28.7 Å². The first-order valence-corrected chi connectivity index (χ1v) is 9.99. The smallest absolute Gasteiger partial charge is 0.239 e. The molecule has 0 amide bonds. The number of hydrogen-bond acceptors (Lipinski definition) is 11. The molecular weight excluding hydrogens is 440 g/mol. The fraction of sp³-hybridized carbons (Fsp3) is 0.318. The average Bonchev–Trinajstić information content (AvgIpc) is 2.76. The van der Waals surface area contributed by atoms with Gasteiger partial charge in [0.05, 0.1) is 6.10 Å². The molecular formula is C22H22O11. The number of benzene rings is 2. The maximum Gasteiger partial charge on any atom is 0.239 e. The third kappa shape index (κ3) is 3.91. The van der Waals surface area contributed by atoms with E-state index in [0.717, 1.165) is 24.3 Å². The fourth-order valence-electron chi connectivity index (χ4n) is 3.96. The molecule has 0 spiro atoms. The Morgan fingerprint density at radius 3 is 2.30 bits per heavy atom. The summed E-state index contributed by atoms with van der Waals surface area (Å²) >= 11 is 0. The van der Waals surface area contributed by atoms with Crippen LogP contribution < -0.4 is 10.2 Å². The average molecular weight is 462 g/mol. The third-order valence-electron chi connectivity index (χ3n) is 5.76. The van der Waals surface area contributed by atoms with E-state index >= 15 is 0 Å². The molecule has 2 aromatic carbocycles. The van der Waals surface area contributed by atoms with Crippen LogP contribution >= 0.6 is 0 Å². The third-order valence-corrected chi connectivity index (χ3v) is 5.76. The molecule has 1 aliphatic carbocycles. The first-order valence-electron chi connectivity index (χ1n) is 9.99. The monoisotopic (exact) mass is 462 g/mol. The number of phenolic OH excluding ortho intramolecular Hbond substituents is 4. The van der Waals surface area contributed by atoms with Gasteiger partial charge in [-0.1, -0.05) is 0 Å². The SMILES string of the molecule is O=c1c(O[C@H]2C[C@H](CO)[C@H](O)[C@H](O)[C@H]2O)c(-c2ccc(O)c(O)c2)oc2cc(O)cc(O)c12. The number of phenols is 4. The molecule has 1 fully saturated rings. The number of aliphatic hydroxyl groups excluding tert-OH is 4. The molecule has 1 aliphatic rings. The van der Waals surface area contributed by atoms with Gasteiger partial charge in [-0.2, -0.15) is 0 Å². The molecule has 0 saturated heterocycles. The predicted molar refractivity (Wildman–Crippen MR) is 112 cm³/mol.